The van der Waals surface area contributed by atoms with Crippen molar-refractivity contribution < 1.29 is 14.3 Å². The number of aromatic nitrogens is 4. The van der Waals surface area contributed by atoms with Gasteiger partial charge in [-0.1, -0.05) is 25.7 Å². The second-order valence-corrected chi connectivity index (χ2v) is 7.09. The smallest absolute Gasteiger partial charge is 0.355 e. The van der Waals surface area contributed by atoms with Crippen molar-refractivity contribution in [3.63, 3.8) is 0 Å². The molecule has 0 saturated heterocycles. The molecule has 3 rings (SSSR count). The Morgan fingerprint density at radius 1 is 1.26 bits per heavy atom. The van der Waals surface area contributed by atoms with Gasteiger partial charge in [0.2, 0.25) is 5.95 Å². The first kappa shape index (κ1) is 19.1. The lowest BCUT2D eigenvalue weighted by atomic mass is 10.0. The monoisotopic (exact) mass is 373 g/mol. The molecule has 1 aliphatic carbocycles. The number of H-pyrrole nitrogens is 2. The molecule has 0 aliphatic heterocycles. The van der Waals surface area contributed by atoms with Gasteiger partial charge in [0.05, 0.1) is 12.2 Å². The molecule has 1 amide bonds. The molecule has 0 spiro atoms. The van der Waals surface area contributed by atoms with E-state index in [0.717, 1.165) is 24.6 Å². The molecule has 1 saturated carbocycles. The Morgan fingerprint density at radius 3 is 2.70 bits per heavy atom. The van der Waals surface area contributed by atoms with Crippen molar-refractivity contribution in [3.8, 4) is 0 Å². The van der Waals surface area contributed by atoms with Crippen molar-refractivity contribution in [2.24, 2.45) is 5.92 Å². The fraction of sp³-hybridized carbons (Fsp3) is 0.579. The van der Waals surface area contributed by atoms with Crippen LogP contribution in [0.4, 0.5) is 5.95 Å². The molecule has 27 heavy (non-hydrogen) atoms. The number of ether oxygens (including phenoxy) is 1. The number of rotatable bonds is 7. The quantitative estimate of drug-likeness (QED) is 0.645. The van der Waals surface area contributed by atoms with E-state index in [1.54, 1.807) is 20.8 Å². The second-order valence-electron chi connectivity index (χ2n) is 7.09. The van der Waals surface area contributed by atoms with Crippen LogP contribution in [0.2, 0.25) is 0 Å². The molecule has 2 aromatic rings. The Labute approximate surface area is 158 Å². The van der Waals surface area contributed by atoms with Crippen LogP contribution in [0, 0.1) is 19.8 Å². The molecule has 0 unspecified atom stereocenters. The van der Waals surface area contributed by atoms with Crippen LogP contribution in [-0.4, -0.2) is 38.6 Å². The predicted octanol–water partition coefficient (Wildman–Crippen LogP) is 3.30. The van der Waals surface area contributed by atoms with Crippen molar-refractivity contribution in [3.05, 3.63) is 28.3 Å². The zero-order valence-electron chi connectivity index (χ0n) is 16.1. The van der Waals surface area contributed by atoms with Crippen LogP contribution in [0.25, 0.3) is 0 Å². The maximum absolute atomic E-state index is 12.6. The van der Waals surface area contributed by atoms with Gasteiger partial charge in [-0.3, -0.25) is 15.2 Å². The summed E-state index contributed by atoms with van der Waals surface area (Å²) in [6.45, 7) is 5.48. The number of aromatic amines is 2. The third kappa shape index (κ3) is 4.37. The van der Waals surface area contributed by atoms with E-state index < -0.39 is 5.97 Å². The van der Waals surface area contributed by atoms with E-state index >= 15 is 0 Å². The maximum atomic E-state index is 12.6. The lowest BCUT2D eigenvalue weighted by molar-refractivity contribution is 0.0519. The summed E-state index contributed by atoms with van der Waals surface area (Å²) in [4.78, 5) is 31.9. The minimum absolute atomic E-state index is 0.249. The zero-order chi connectivity index (χ0) is 19.4. The van der Waals surface area contributed by atoms with E-state index in [-0.39, 0.29) is 18.5 Å². The minimum atomic E-state index is -0.468. The third-order valence-corrected chi connectivity index (χ3v) is 5.17. The lowest BCUT2D eigenvalue weighted by Crippen LogP contribution is -2.15. The number of nitrogens with one attached hydrogen (secondary N) is 3. The highest BCUT2D eigenvalue weighted by Crippen LogP contribution is 2.28. The van der Waals surface area contributed by atoms with Gasteiger partial charge in [0.15, 0.2) is 0 Å². The first-order valence-electron chi connectivity index (χ1n) is 9.58. The number of carbonyl (C=O) groups is 2. The Hall–Kier alpha value is -2.64. The molecule has 0 bridgehead atoms. The highest BCUT2D eigenvalue weighted by molar-refractivity contribution is 6.07. The molecular formula is C19H27N5O3. The molecule has 8 heteroatoms. The summed E-state index contributed by atoms with van der Waals surface area (Å²) in [6, 6.07) is 0. The molecule has 1 fully saturated rings. The van der Waals surface area contributed by atoms with Gasteiger partial charge in [-0.2, -0.15) is 4.98 Å². The number of anilines is 1. The molecule has 3 N–H and O–H groups in total. The number of hydrogen-bond acceptors (Lipinski definition) is 5. The molecule has 2 aromatic heterocycles. The molecular weight excluding hydrogens is 346 g/mol. The molecule has 0 radical (unpaired) electrons. The van der Waals surface area contributed by atoms with Crippen molar-refractivity contribution in [1.82, 2.24) is 20.2 Å². The fourth-order valence-corrected chi connectivity index (χ4v) is 3.76. The normalized spacial score (nSPS) is 14.5. The largest absolute Gasteiger partial charge is 0.461 e. The number of aryl methyl sites for hydroxylation is 2. The van der Waals surface area contributed by atoms with Gasteiger partial charge in [0, 0.05) is 12.1 Å². The summed E-state index contributed by atoms with van der Waals surface area (Å²) in [5.74, 6) is 0.994. The average molecular weight is 373 g/mol. The van der Waals surface area contributed by atoms with Gasteiger partial charge in [-0.25, -0.2) is 4.79 Å². The number of nitrogens with zero attached hydrogens (tertiary/aromatic N) is 2. The molecule has 8 nitrogen and oxygen atoms in total. The van der Waals surface area contributed by atoms with Gasteiger partial charge in [0.1, 0.15) is 11.5 Å². The molecule has 0 atom stereocenters. The van der Waals surface area contributed by atoms with E-state index in [0.29, 0.717) is 22.5 Å². The highest BCUT2D eigenvalue weighted by atomic mass is 16.5. The van der Waals surface area contributed by atoms with Crippen LogP contribution in [0.1, 0.15) is 77.0 Å². The number of hydrogen-bond donors (Lipinski definition) is 3. The topological polar surface area (TPSA) is 113 Å². The average Bonchev–Trinajstić information content (AvgIpc) is 3.34. The molecule has 2 heterocycles. The maximum Gasteiger partial charge on any atom is 0.355 e. The highest BCUT2D eigenvalue weighted by Gasteiger charge is 2.23. The summed E-state index contributed by atoms with van der Waals surface area (Å²) in [5, 5.41) is 9.69. The Kier molecular flexibility index (Phi) is 5.93. The van der Waals surface area contributed by atoms with Crippen LogP contribution < -0.4 is 5.32 Å². The van der Waals surface area contributed by atoms with E-state index in [1.165, 1.54) is 25.7 Å². The first-order valence-corrected chi connectivity index (χ1v) is 9.58. The van der Waals surface area contributed by atoms with Crippen LogP contribution in [0.3, 0.4) is 0 Å². The van der Waals surface area contributed by atoms with E-state index in [4.69, 9.17) is 4.74 Å². The van der Waals surface area contributed by atoms with Crippen molar-refractivity contribution in [2.45, 2.75) is 59.3 Å². The van der Waals surface area contributed by atoms with Gasteiger partial charge >= 0.3 is 5.97 Å². The zero-order valence-corrected chi connectivity index (χ0v) is 16.1. The van der Waals surface area contributed by atoms with Gasteiger partial charge in [-0.05, 0) is 38.7 Å². The summed E-state index contributed by atoms with van der Waals surface area (Å²) in [5.41, 5.74) is 1.87. The van der Waals surface area contributed by atoms with Crippen LogP contribution in [0.5, 0.6) is 0 Å². The van der Waals surface area contributed by atoms with E-state index in [2.05, 4.69) is 25.5 Å². The second kappa shape index (κ2) is 8.37. The standard InChI is InChI=1S/C19H27N5O3/c1-4-27-18(26)16-11(2)15(12(3)20-16)17(25)22-19-21-14(23-24-19)10-9-13-7-5-6-8-13/h13,20H,4-10H2,1-3H3,(H2,21,22,23,24,25). The van der Waals surface area contributed by atoms with E-state index in [9.17, 15) is 9.59 Å². The molecule has 0 aromatic carbocycles. The van der Waals surface area contributed by atoms with Gasteiger partial charge in [-0.15, -0.1) is 5.10 Å². The number of amides is 1. The van der Waals surface area contributed by atoms with Crippen LogP contribution in [0.15, 0.2) is 0 Å². The van der Waals surface area contributed by atoms with Crippen LogP contribution in [-0.2, 0) is 11.2 Å². The number of carbonyl (C=O) groups excluding carboxylic acids is 2. The summed E-state index contributed by atoms with van der Waals surface area (Å²) < 4.78 is 5.02. The van der Waals surface area contributed by atoms with Crippen molar-refractivity contribution in [2.75, 3.05) is 11.9 Å². The lowest BCUT2D eigenvalue weighted by Gasteiger charge is -2.05. The first-order chi connectivity index (χ1) is 13.0. The Balaban J connectivity index is 1.64. The predicted molar refractivity (Wildman–Crippen MR) is 101 cm³/mol. The summed E-state index contributed by atoms with van der Waals surface area (Å²) in [7, 11) is 0. The summed E-state index contributed by atoms with van der Waals surface area (Å²) in [6.07, 6.45) is 7.18. The van der Waals surface area contributed by atoms with Crippen molar-refractivity contribution in [1.29, 1.82) is 0 Å². The van der Waals surface area contributed by atoms with Crippen LogP contribution >= 0.6 is 0 Å². The SMILES string of the molecule is CCOC(=O)c1[nH]c(C)c(C(=O)Nc2n[nH]c(CCC3CCCC3)n2)c1C. The molecule has 146 valence electrons. The Bertz CT molecular complexity index is 817. The molecule has 1 aliphatic rings. The number of esters is 1. The van der Waals surface area contributed by atoms with Gasteiger partial charge < -0.3 is 9.72 Å². The third-order valence-electron chi connectivity index (χ3n) is 5.17. The van der Waals surface area contributed by atoms with E-state index in [1.807, 2.05) is 0 Å². The fourth-order valence-electron chi connectivity index (χ4n) is 3.76. The minimum Gasteiger partial charge on any atom is -0.461 e. The van der Waals surface area contributed by atoms with Crippen molar-refractivity contribution >= 4 is 17.8 Å². The Morgan fingerprint density at radius 2 is 2.00 bits per heavy atom. The van der Waals surface area contributed by atoms with Gasteiger partial charge in [0.25, 0.3) is 5.91 Å². The summed E-state index contributed by atoms with van der Waals surface area (Å²) >= 11 is 0.